The van der Waals surface area contributed by atoms with Crippen molar-refractivity contribution < 1.29 is 4.39 Å². The minimum atomic E-state index is -0.311. The summed E-state index contributed by atoms with van der Waals surface area (Å²) >= 11 is 0. The van der Waals surface area contributed by atoms with Crippen molar-refractivity contribution in [1.29, 1.82) is 0 Å². The van der Waals surface area contributed by atoms with E-state index in [4.69, 9.17) is 5.73 Å². The van der Waals surface area contributed by atoms with Crippen LogP contribution in [-0.4, -0.2) is 4.57 Å². The van der Waals surface area contributed by atoms with Crippen LogP contribution in [0.2, 0.25) is 0 Å². The highest BCUT2D eigenvalue weighted by molar-refractivity contribution is 5.34. The molecule has 0 unspecified atom stereocenters. The van der Waals surface area contributed by atoms with Gasteiger partial charge in [-0.05, 0) is 29.8 Å². The molecule has 0 saturated heterocycles. The summed E-state index contributed by atoms with van der Waals surface area (Å²) in [6.45, 7) is 0.321. The quantitative estimate of drug-likeness (QED) is 0.832. The topological polar surface area (TPSA) is 48.0 Å². The van der Waals surface area contributed by atoms with Gasteiger partial charge < -0.3 is 10.3 Å². The van der Waals surface area contributed by atoms with Crippen molar-refractivity contribution >= 4 is 5.69 Å². The molecule has 4 heteroatoms. The molecule has 0 aliphatic carbocycles. The molecule has 0 bridgehead atoms. The third kappa shape index (κ3) is 2.11. The molecule has 82 valence electrons. The van der Waals surface area contributed by atoms with Gasteiger partial charge in [0, 0.05) is 6.20 Å². The number of hydrogen-bond acceptors (Lipinski definition) is 2. The molecule has 2 aromatic rings. The fourth-order valence-corrected chi connectivity index (χ4v) is 1.51. The SMILES string of the molecule is Nc1cccn(Cc2cccc(F)c2)c1=O. The molecule has 0 radical (unpaired) electrons. The van der Waals surface area contributed by atoms with E-state index in [0.717, 1.165) is 5.56 Å². The van der Waals surface area contributed by atoms with Crippen LogP contribution in [-0.2, 0) is 6.54 Å². The van der Waals surface area contributed by atoms with Crippen LogP contribution in [0.3, 0.4) is 0 Å². The zero-order valence-electron chi connectivity index (χ0n) is 8.56. The maximum Gasteiger partial charge on any atom is 0.273 e. The van der Waals surface area contributed by atoms with E-state index in [1.165, 1.54) is 16.7 Å². The van der Waals surface area contributed by atoms with E-state index in [-0.39, 0.29) is 17.1 Å². The van der Waals surface area contributed by atoms with Crippen LogP contribution in [0.5, 0.6) is 0 Å². The van der Waals surface area contributed by atoms with Crippen molar-refractivity contribution in [1.82, 2.24) is 4.57 Å². The normalized spacial score (nSPS) is 10.3. The minimum absolute atomic E-state index is 0.193. The summed E-state index contributed by atoms with van der Waals surface area (Å²) in [5, 5.41) is 0. The lowest BCUT2D eigenvalue weighted by Gasteiger charge is -2.06. The molecule has 2 rings (SSSR count). The van der Waals surface area contributed by atoms with E-state index < -0.39 is 0 Å². The molecule has 1 aromatic carbocycles. The Kier molecular flexibility index (Phi) is 2.72. The first-order valence-corrected chi connectivity index (χ1v) is 4.86. The van der Waals surface area contributed by atoms with E-state index in [1.807, 2.05) is 0 Å². The smallest absolute Gasteiger partial charge is 0.273 e. The van der Waals surface area contributed by atoms with E-state index in [2.05, 4.69) is 0 Å². The number of aromatic nitrogens is 1. The average molecular weight is 218 g/mol. The van der Waals surface area contributed by atoms with Gasteiger partial charge in [0.2, 0.25) is 0 Å². The number of anilines is 1. The summed E-state index contributed by atoms with van der Waals surface area (Å²) in [5.74, 6) is -0.311. The maximum atomic E-state index is 12.9. The second-order valence-corrected chi connectivity index (χ2v) is 3.53. The molecule has 0 atom stereocenters. The van der Waals surface area contributed by atoms with Crippen molar-refractivity contribution in [3.05, 3.63) is 64.3 Å². The Hall–Kier alpha value is -2.10. The van der Waals surface area contributed by atoms with Crippen molar-refractivity contribution in [2.45, 2.75) is 6.54 Å². The van der Waals surface area contributed by atoms with Gasteiger partial charge in [-0.1, -0.05) is 12.1 Å². The molecule has 0 aliphatic heterocycles. The van der Waals surface area contributed by atoms with Crippen LogP contribution in [0, 0.1) is 5.82 Å². The number of nitrogens with zero attached hydrogens (tertiary/aromatic N) is 1. The Morgan fingerprint density at radius 3 is 2.81 bits per heavy atom. The molecule has 0 aliphatic rings. The summed E-state index contributed by atoms with van der Waals surface area (Å²) in [6.07, 6.45) is 1.63. The molecule has 1 heterocycles. The Morgan fingerprint density at radius 2 is 2.06 bits per heavy atom. The number of nitrogen functional groups attached to an aromatic ring is 1. The number of benzene rings is 1. The monoisotopic (exact) mass is 218 g/mol. The third-order valence-corrected chi connectivity index (χ3v) is 2.29. The first-order valence-electron chi connectivity index (χ1n) is 4.86. The van der Waals surface area contributed by atoms with Crippen LogP contribution < -0.4 is 11.3 Å². The predicted octanol–water partition coefficient (Wildman–Crippen LogP) is 1.62. The van der Waals surface area contributed by atoms with Crippen molar-refractivity contribution in [2.24, 2.45) is 0 Å². The molecule has 0 saturated carbocycles. The van der Waals surface area contributed by atoms with E-state index in [0.29, 0.717) is 6.54 Å². The Morgan fingerprint density at radius 1 is 1.25 bits per heavy atom. The lowest BCUT2D eigenvalue weighted by Crippen LogP contribution is -2.22. The van der Waals surface area contributed by atoms with Gasteiger partial charge in [0.15, 0.2) is 0 Å². The highest BCUT2D eigenvalue weighted by atomic mass is 19.1. The van der Waals surface area contributed by atoms with Gasteiger partial charge in [0.25, 0.3) is 5.56 Å². The number of hydrogen-bond donors (Lipinski definition) is 1. The number of rotatable bonds is 2. The molecular formula is C12H11FN2O. The first-order chi connectivity index (χ1) is 7.66. The predicted molar refractivity (Wildman–Crippen MR) is 60.6 cm³/mol. The second kappa shape index (κ2) is 4.18. The van der Waals surface area contributed by atoms with Crippen LogP contribution in [0.1, 0.15) is 5.56 Å². The summed E-state index contributed by atoms with van der Waals surface area (Å²) in [6, 6.07) is 9.38. The largest absolute Gasteiger partial charge is 0.394 e. The van der Waals surface area contributed by atoms with Crippen LogP contribution >= 0.6 is 0 Å². The van der Waals surface area contributed by atoms with Crippen LogP contribution in [0.25, 0.3) is 0 Å². The van der Waals surface area contributed by atoms with Gasteiger partial charge in [-0.15, -0.1) is 0 Å². The number of halogens is 1. The van der Waals surface area contributed by atoms with Crippen molar-refractivity contribution in [3.8, 4) is 0 Å². The molecular weight excluding hydrogens is 207 g/mol. The molecule has 1 aromatic heterocycles. The lowest BCUT2D eigenvalue weighted by atomic mass is 10.2. The minimum Gasteiger partial charge on any atom is -0.394 e. The molecule has 0 amide bonds. The zero-order chi connectivity index (χ0) is 11.5. The van der Waals surface area contributed by atoms with Gasteiger partial charge in [-0.2, -0.15) is 0 Å². The summed E-state index contributed by atoms with van der Waals surface area (Å²) in [5.41, 5.74) is 6.16. The second-order valence-electron chi connectivity index (χ2n) is 3.53. The summed E-state index contributed by atoms with van der Waals surface area (Å²) in [7, 11) is 0. The highest BCUT2D eigenvalue weighted by Crippen LogP contribution is 2.05. The highest BCUT2D eigenvalue weighted by Gasteiger charge is 2.01. The zero-order valence-corrected chi connectivity index (χ0v) is 8.56. The van der Waals surface area contributed by atoms with Gasteiger partial charge >= 0.3 is 0 Å². The van der Waals surface area contributed by atoms with Gasteiger partial charge in [-0.25, -0.2) is 4.39 Å². The Bertz CT molecular complexity index is 563. The van der Waals surface area contributed by atoms with E-state index in [9.17, 15) is 9.18 Å². The molecule has 16 heavy (non-hydrogen) atoms. The van der Waals surface area contributed by atoms with Crippen LogP contribution in [0.15, 0.2) is 47.4 Å². The number of pyridine rings is 1. The summed E-state index contributed by atoms with van der Waals surface area (Å²) < 4.78 is 14.4. The van der Waals surface area contributed by atoms with Gasteiger partial charge in [-0.3, -0.25) is 4.79 Å². The lowest BCUT2D eigenvalue weighted by molar-refractivity contribution is 0.623. The van der Waals surface area contributed by atoms with Gasteiger partial charge in [0.1, 0.15) is 5.82 Å². The number of nitrogens with two attached hydrogens (primary N) is 1. The molecule has 0 fully saturated rings. The summed E-state index contributed by atoms with van der Waals surface area (Å²) in [4.78, 5) is 11.6. The Labute approximate surface area is 92.0 Å². The average Bonchev–Trinajstić information content (AvgIpc) is 2.25. The van der Waals surface area contributed by atoms with Gasteiger partial charge in [0.05, 0.1) is 12.2 Å². The Balaban J connectivity index is 2.34. The maximum absolute atomic E-state index is 12.9. The fraction of sp³-hybridized carbons (Fsp3) is 0.0833. The first kappa shape index (κ1) is 10.4. The molecule has 2 N–H and O–H groups in total. The van der Waals surface area contributed by atoms with Crippen molar-refractivity contribution in [2.75, 3.05) is 5.73 Å². The third-order valence-electron chi connectivity index (χ3n) is 2.29. The van der Waals surface area contributed by atoms with Crippen LogP contribution in [0.4, 0.5) is 10.1 Å². The molecule has 3 nitrogen and oxygen atoms in total. The fourth-order valence-electron chi connectivity index (χ4n) is 1.51. The van der Waals surface area contributed by atoms with E-state index >= 15 is 0 Å². The molecule has 0 spiro atoms. The van der Waals surface area contributed by atoms with Crippen molar-refractivity contribution in [3.63, 3.8) is 0 Å². The van der Waals surface area contributed by atoms with E-state index in [1.54, 1.807) is 30.5 Å². The standard InChI is InChI=1S/C12H11FN2O/c13-10-4-1-3-9(7-10)8-15-6-2-5-11(14)12(15)16/h1-7H,8,14H2.